The molecule has 178 valence electrons. The van der Waals surface area contributed by atoms with Gasteiger partial charge in [-0.1, -0.05) is 62.9 Å². The maximum Gasteiger partial charge on any atom is 0.317 e. The summed E-state index contributed by atoms with van der Waals surface area (Å²) in [5.41, 5.74) is 0.824. The molecule has 1 aromatic carbocycles. The van der Waals surface area contributed by atoms with Gasteiger partial charge in [-0.15, -0.1) is 17.0 Å². The second kappa shape index (κ2) is 11.6. The van der Waals surface area contributed by atoms with Crippen LogP contribution in [0.3, 0.4) is 0 Å². The lowest BCUT2D eigenvalue weighted by molar-refractivity contribution is -0.159. The van der Waals surface area contributed by atoms with Crippen LogP contribution in [-0.4, -0.2) is 60.9 Å². The van der Waals surface area contributed by atoms with E-state index in [-0.39, 0.29) is 41.6 Å². The Hall–Kier alpha value is -1.44. The predicted molar refractivity (Wildman–Crippen MR) is 127 cm³/mol. The number of esters is 2. The second-order valence-corrected chi connectivity index (χ2v) is 9.21. The van der Waals surface area contributed by atoms with Crippen LogP contribution >= 0.6 is 17.0 Å². The number of unbranched alkanes of at least 4 members (excludes halogenated alkanes) is 4. The monoisotopic (exact) mass is 509 g/mol. The third-order valence-electron chi connectivity index (χ3n) is 7.04. The van der Waals surface area contributed by atoms with Crippen molar-refractivity contribution in [3.63, 3.8) is 0 Å². The van der Waals surface area contributed by atoms with Crippen LogP contribution in [0.2, 0.25) is 0 Å². The second-order valence-electron chi connectivity index (χ2n) is 9.21. The van der Waals surface area contributed by atoms with Gasteiger partial charge >= 0.3 is 11.9 Å². The van der Waals surface area contributed by atoms with E-state index in [1.54, 1.807) is 0 Å². The first-order valence-electron chi connectivity index (χ1n) is 11.9. The van der Waals surface area contributed by atoms with E-state index in [9.17, 15) is 9.59 Å². The maximum absolute atomic E-state index is 13.1. The van der Waals surface area contributed by atoms with E-state index < -0.39 is 5.92 Å². The van der Waals surface area contributed by atoms with Crippen LogP contribution in [-0.2, 0) is 23.8 Å². The Bertz CT molecular complexity index is 742. The summed E-state index contributed by atoms with van der Waals surface area (Å²) in [5, 5.41) is 0. The smallest absolute Gasteiger partial charge is 0.317 e. The van der Waals surface area contributed by atoms with Gasteiger partial charge in [0.25, 0.3) is 0 Å². The van der Waals surface area contributed by atoms with E-state index >= 15 is 0 Å². The molecule has 0 radical (unpaired) electrons. The van der Waals surface area contributed by atoms with Crippen molar-refractivity contribution in [1.29, 1.82) is 0 Å². The number of piperidine rings is 1. The van der Waals surface area contributed by atoms with Gasteiger partial charge < -0.3 is 14.2 Å². The Balaban J connectivity index is 0.00000289. The van der Waals surface area contributed by atoms with Crippen LogP contribution in [0.1, 0.15) is 69.8 Å². The zero-order valence-corrected chi connectivity index (χ0v) is 20.8. The molecule has 0 amide bonds. The van der Waals surface area contributed by atoms with Crippen molar-refractivity contribution in [2.45, 2.75) is 94.6 Å². The minimum absolute atomic E-state index is 0. The number of fused-ring (bicyclic) bond motifs is 5. The van der Waals surface area contributed by atoms with Gasteiger partial charge in [-0.2, -0.15) is 0 Å². The first-order valence-corrected chi connectivity index (χ1v) is 11.9. The van der Waals surface area contributed by atoms with Crippen molar-refractivity contribution in [2.24, 2.45) is 0 Å². The maximum atomic E-state index is 13.1. The minimum Gasteiger partial charge on any atom is -0.464 e. The number of morpholine rings is 1. The van der Waals surface area contributed by atoms with Crippen molar-refractivity contribution in [3.05, 3.63) is 35.9 Å². The molecule has 3 saturated heterocycles. The molecule has 7 heteroatoms. The van der Waals surface area contributed by atoms with E-state index in [1.807, 2.05) is 30.3 Å². The third kappa shape index (κ3) is 5.91. The van der Waals surface area contributed by atoms with Gasteiger partial charge in [0.15, 0.2) is 0 Å². The largest absolute Gasteiger partial charge is 0.464 e. The summed E-state index contributed by atoms with van der Waals surface area (Å²) in [7, 11) is 2.14. The van der Waals surface area contributed by atoms with E-state index in [1.165, 1.54) is 12.8 Å². The number of rotatable bonds is 11. The quantitative estimate of drug-likeness (QED) is 0.250. The average molecular weight is 510 g/mol. The Morgan fingerprint density at radius 1 is 1.06 bits per heavy atom. The lowest BCUT2D eigenvalue weighted by atomic mass is 9.97. The number of nitrogens with zero attached hydrogens (tertiary/aromatic N) is 1. The summed E-state index contributed by atoms with van der Waals surface area (Å²) < 4.78 is 17.2. The molecule has 6 atom stereocenters. The molecule has 4 rings (SSSR count). The summed E-state index contributed by atoms with van der Waals surface area (Å²) >= 11 is 0. The lowest BCUT2D eigenvalue weighted by Gasteiger charge is -2.38. The predicted octanol–water partition coefficient (Wildman–Crippen LogP) is 4.41. The first kappa shape index (κ1) is 25.2. The highest BCUT2D eigenvalue weighted by atomic mass is 79.9. The molecule has 0 spiro atoms. The molecular weight excluding hydrogens is 474 g/mol. The van der Waals surface area contributed by atoms with E-state index in [0.717, 1.165) is 37.7 Å². The summed E-state index contributed by atoms with van der Waals surface area (Å²) in [5.74, 6) is -1.13. The number of ether oxygens (including phenoxy) is 3. The molecule has 1 unspecified atom stereocenters. The van der Waals surface area contributed by atoms with Crippen LogP contribution in [0.4, 0.5) is 0 Å². The van der Waals surface area contributed by atoms with Gasteiger partial charge in [0.05, 0.1) is 0 Å². The Kier molecular flexibility index (Phi) is 9.14. The topological polar surface area (TPSA) is 68.4 Å². The molecule has 32 heavy (non-hydrogen) atoms. The van der Waals surface area contributed by atoms with Crippen LogP contribution in [0.5, 0.6) is 0 Å². The molecule has 3 aliphatic heterocycles. The normalized spacial score (nSPS) is 28.9. The first-order chi connectivity index (χ1) is 15.1. The third-order valence-corrected chi connectivity index (χ3v) is 7.04. The Morgan fingerprint density at radius 3 is 2.38 bits per heavy atom. The van der Waals surface area contributed by atoms with Crippen molar-refractivity contribution in [2.75, 3.05) is 13.7 Å². The Morgan fingerprint density at radius 2 is 1.72 bits per heavy atom. The molecule has 0 N–H and O–H groups in total. The number of hydrogen-bond donors (Lipinski definition) is 0. The fraction of sp³-hybridized carbons (Fsp3) is 0.680. The molecule has 0 aliphatic carbocycles. The highest BCUT2D eigenvalue weighted by Gasteiger charge is 2.62. The molecule has 3 heterocycles. The molecule has 3 fully saturated rings. The molecule has 2 bridgehead atoms. The van der Waals surface area contributed by atoms with Crippen LogP contribution < -0.4 is 0 Å². The van der Waals surface area contributed by atoms with Gasteiger partial charge in [-0.05, 0) is 19.0 Å². The standard InChI is InChI=1S/C25H35NO5.BrH/c1-3-4-5-6-10-13-22(27)29-16-19(17-11-8-7-9-12-17)25(28)30-18-14-20-23-24(31-23)21(15-18)26(20)2;/h7-9,11-12,18-21,23-24H,3-6,10,13-16H2,1-2H3;1H/t18?,19-,20-,21+,23-,24+;/m1./s1. The Labute approximate surface area is 201 Å². The average Bonchev–Trinajstić information content (AvgIpc) is 3.53. The van der Waals surface area contributed by atoms with Crippen LogP contribution in [0.15, 0.2) is 30.3 Å². The number of hydrogen-bond acceptors (Lipinski definition) is 6. The van der Waals surface area contributed by atoms with Gasteiger partial charge in [-0.3, -0.25) is 14.5 Å². The SMILES string of the molecule is Br.CCCCCCCC(=O)OC[C@@H](C(=O)OC1C[C@@H]2[C@H]3O[C@H]3[C@H](C1)N2C)c1ccccc1. The lowest BCUT2D eigenvalue weighted by Crippen LogP contribution is -2.48. The number of benzene rings is 1. The highest BCUT2D eigenvalue weighted by Crippen LogP contribution is 2.48. The van der Waals surface area contributed by atoms with Crippen LogP contribution in [0.25, 0.3) is 0 Å². The summed E-state index contributed by atoms with van der Waals surface area (Å²) in [4.78, 5) is 27.7. The summed E-state index contributed by atoms with van der Waals surface area (Å²) in [6.07, 6.45) is 7.92. The fourth-order valence-electron chi connectivity index (χ4n) is 5.15. The molecule has 6 nitrogen and oxygen atoms in total. The van der Waals surface area contributed by atoms with E-state index in [4.69, 9.17) is 14.2 Å². The molecular formula is C25H36BrNO5. The zero-order chi connectivity index (χ0) is 21.8. The number of halogens is 1. The van der Waals surface area contributed by atoms with Crippen molar-refractivity contribution in [1.82, 2.24) is 4.90 Å². The van der Waals surface area contributed by atoms with Gasteiger partial charge in [0.1, 0.15) is 30.8 Å². The zero-order valence-electron chi connectivity index (χ0n) is 19.1. The van der Waals surface area contributed by atoms with E-state index in [0.29, 0.717) is 30.7 Å². The molecule has 0 saturated carbocycles. The number of carbonyl (C=O) groups excluding carboxylic acids is 2. The number of likely N-dealkylation sites (N-methyl/N-ethyl adjacent to an activating group) is 1. The summed E-state index contributed by atoms with van der Waals surface area (Å²) in [6.45, 7) is 2.20. The number of epoxide rings is 1. The van der Waals surface area contributed by atoms with E-state index in [2.05, 4.69) is 18.9 Å². The summed E-state index contributed by atoms with van der Waals surface area (Å²) in [6, 6.07) is 10.2. The van der Waals surface area contributed by atoms with Gasteiger partial charge in [0.2, 0.25) is 0 Å². The molecule has 0 aromatic heterocycles. The highest BCUT2D eigenvalue weighted by molar-refractivity contribution is 8.93. The van der Waals surface area contributed by atoms with Crippen molar-refractivity contribution in [3.8, 4) is 0 Å². The molecule has 3 aliphatic rings. The minimum atomic E-state index is -0.590. The van der Waals surface area contributed by atoms with Gasteiger partial charge in [0, 0.05) is 31.3 Å². The molecule has 1 aromatic rings. The fourth-order valence-corrected chi connectivity index (χ4v) is 5.15. The van der Waals surface area contributed by atoms with Crippen molar-refractivity contribution >= 4 is 28.9 Å². The van der Waals surface area contributed by atoms with Crippen LogP contribution in [0, 0.1) is 0 Å². The van der Waals surface area contributed by atoms with Crippen molar-refractivity contribution < 1.29 is 23.8 Å². The van der Waals surface area contributed by atoms with Gasteiger partial charge in [-0.25, -0.2) is 0 Å². The number of carbonyl (C=O) groups is 2.